The molecule has 0 radical (unpaired) electrons. The van der Waals surface area contributed by atoms with Crippen LogP contribution in [0.3, 0.4) is 0 Å². The van der Waals surface area contributed by atoms with E-state index in [-0.39, 0.29) is 0 Å². The highest BCUT2D eigenvalue weighted by molar-refractivity contribution is 9.10. The summed E-state index contributed by atoms with van der Waals surface area (Å²) < 4.78 is 6.79. The Hall–Kier alpha value is -0.190. The lowest BCUT2D eigenvalue weighted by atomic mass is 10.3. The van der Waals surface area contributed by atoms with E-state index in [1.165, 1.54) is 5.75 Å². The third kappa shape index (κ3) is 3.70. The molecule has 1 aliphatic heterocycles. The normalized spacial score (nSPS) is 21.3. The van der Waals surface area contributed by atoms with E-state index in [0.717, 1.165) is 29.1 Å². The van der Waals surface area contributed by atoms with Crippen molar-refractivity contribution in [2.75, 3.05) is 24.7 Å². The van der Waals surface area contributed by atoms with Gasteiger partial charge in [-0.1, -0.05) is 15.9 Å². The summed E-state index contributed by atoms with van der Waals surface area (Å²) in [7, 11) is 0. The van der Waals surface area contributed by atoms with Gasteiger partial charge in [0.25, 0.3) is 0 Å². The zero-order chi connectivity index (χ0) is 10.5. The number of hydrogen-bond acceptors (Lipinski definition) is 3. The summed E-state index contributed by atoms with van der Waals surface area (Å²) in [6, 6.07) is 8.46. The van der Waals surface area contributed by atoms with Crippen LogP contribution in [0.2, 0.25) is 0 Å². The van der Waals surface area contributed by atoms with Gasteiger partial charge in [-0.3, -0.25) is 0 Å². The van der Waals surface area contributed by atoms with Crippen LogP contribution in [-0.2, 0) is 0 Å². The van der Waals surface area contributed by atoms with Gasteiger partial charge in [-0.25, -0.2) is 0 Å². The Kier molecular flexibility index (Phi) is 4.35. The lowest BCUT2D eigenvalue weighted by molar-refractivity contribution is 0.276. The predicted molar refractivity (Wildman–Crippen MR) is 68.8 cm³/mol. The Morgan fingerprint density at radius 1 is 1.40 bits per heavy atom. The second-order valence-electron chi connectivity index (χ2n) is 3.49. The van der Waals surface area contributed by atoms with Gasteiger partial charge < -0.3 is 10.1 Å². The molecule has 1 atom stereocenters. The van der Waals surface area contributed by atoms with Gasteiger partial charge >= 0.3 is 0 Å². The minimum Gasteiger partial charge on any atom is -0.492 e. The van der Waals surface area contributed by atoms with Crippen molar-refractivity contribution in [1.29, 1.82) is 0 Å². The molecule has 82 valence electrons. The van der Waals surface area contributed by atoms with E-state index >= 15 is 0 Å². The molecule has 0 saturated carbocycles. The summed E-state index contributed by atoms with van der Waals surface area (Å²) in [6.45, 7) is 1.85. The van der Waals surface area contributed by atoms with E-state index in [1.54, 1.807) is 0 Å². The zero-order valence-corrected chi connectivity index (χ0v) is 10.8. The molecule has 1 aromatic carbocycles. The van der Waals surface area contributed by atoms with Crippen molar-refractivity contribution >= 4 is 27.7 Å². The van der Waals surface area contributed by atoms with Crippen LogP contribution in [0.25, 0.3) is 0 Å². The molecule has 15 heavy (non-hydrogen) atoms. The molecule has 1 saturated heterocycles. The van der Waals surface area contributed by atoms with E-state index in [9.17, 15) is 0 Å². The Morgan fingerprint density at radius 3 is 2.87 bits per heavy atom. The Labute approximate surface area is 103 Å². The monoisotopic (exact) mass is 287 g/mol. The van der Waals surface area contributed by atoms with E-state index in [2.05, 4.69) is 21.2 Å². The van der Waals surface area contributed by atoms with Crippen LogP contribution in [0.4, 0.5) is 0 Å². The highest BCUT2D eigenvalue weighted by Crippen LogP contribution is 2.17. The molecule has 1 unspecified atom stereocenters. The number of benzene rings is 1. The van der Waals surface area contributed by atoms with Crippen molar-refractivity contribution in [1.82, 2.24) is 5.32 Å². The van der Waals surface area contributed by atoms with Gasteiger partial charge in [0.1, 0.15) is 12.4 Å². The van der Waals surface area contributed by atoms with Crippen LogP contribution in [0.15, 0.2) is 28.7 Å². The molecule has 2 nitrogen and oxygen atoms in total. The van der Waals surface area contributed by atoms with Gasteiger partial charge in [-0.15, -0.1) is 0 Å². The number of rotatable bonds is 3. The molecule has 1 aliphatic rings. The summed E-state index contributed by atoms with van der Waals surface area (Å²) in [4.78, 5) is 0. The second kappa shape index (κ2) is 5.77. The highest BCUT2D eigenvalue weighted by Gasteiger charge is 2.12. The summed E-state index contributed by atoms with van der Waals surface area (Å²) >= 11 is 5.39. The number of nitrogens with one attached hydrogen (secondary N) is 1. The molecule has 0 bridgehead atoms. The molecule has 1 aromatic rings. The van der Waals surface area contributed by atoms with Crippen molar-refractivity contribution in [2.24, 2.45) is 0 Å². The number of hydrogen-bond donors (Lipinski definition) is 1. The molecule has 2 rings (SSSR count). The van der Waals surface area contributed by atoms with Gasteiger partial charge in [-0.05, 0) is 24.3 Å². The molecule has 4 heteroatoms. The average molecular weight is 288 g/mol. The van der Waals surface area contributed by atoms with Gasteiger partial charge in [0.15, 0.2) is 0 Å². The lowest BCUT2D eigenvalue weighted by Gasteiger charge is -2.23. The molecule has 0 aromatic heterocycles. The molecular formula is C11H14BrNOS. The molecule has 1 fully saturated rings. The van der Waals surface area contributed by atoms with Crippen LogP contribution < -0.4 is 10.1 Å². The summed E-state index contributed by atoms with van der Waals surface area (Å²) in [6.07, 6.45) is 0. The lowest BCUT2D eigenvalue weighted by Crippen LogP contribution is -2.41. The van der Waals surface area contributed by atoms with E-state index in [0.29, 0.717) is 6.04 Å². The molecule has 1 N–H and O–H groups in total. The van der Waals surface area contributed by atoms with Crippen molar-refractivity contribution in [2.45, 2.75) is 6.04 Å². The fraction of sp³-hybridized carbons (Fsp3) is 0.455. The zero-order valence-electron chi connectivity index (χ0n) is 8.41. The van der Waals surface area contributed by atoms with Crippen LogP contribution in [0, 0.1) is 0 Å². The molecule has 0 spiro atoms. The second-order valence-corrected chi connectivity index (χ2v) is 5.56. The third-order valence-electron chi connectivity index (χ3n) is 2.26. The van der Waals surface area contributed by atoms with Crippen molar-refractivity contribution in [3.63, 3.8) is 0 Å². The van der Waals surface area contributed by atoms with Crippen molar-refractivity contribution in [3.8, 4) is 5.75 Å². The first-order chi connectivity index (χ1) is 7.34. The van der Waals surface area contributed by atoms with Crippen molar-refractivity contribution in [3.05, 3.63) is 28.7 Å². The molecule has 0 aliphatic carbocycles. The van der Waals surface area contributed by atoms with Gasteiger partial charge in [-0.2, -0.15) is 11.8 Å². The maximum Gasteiger partial charge on any atom is 0.119 e. The average Bonchev–Trinajstić information content (AvgIpc) is 2.30. The molecule has 1 heterocycles. The predicted octanol–water partition coefficient (Wildman–Crippen LogP) is 2.53. The summed E-state index contributed by atoms with van der Waals surface area (Å²) in [5.41, 5.74) is 0. The fourth-order valence-electron chi connectivity index (χ4n) is 1.45. The SMILES string of the molecule is Brc1ccc(OCC2CSCCN2)cc1. The standard InChI is InChI=1S/C11H14BrNOS/c12-9-1-3-11(4-2-9)14-7-10-8-15-6-5-13-10/h1-4,10,13H,5-8H2. The van der Waals surface area contributed by atoms with Gasteiger partial charge in [0, 0.05) is 22.5 Å². The third-order valence-corrected chi connectivity index (χ3v) is 3.92. The largest absolute Gasteiger partial charge is 0.492 e. The Bertz CT molecular complexity index is 298. The molecular weight excluding hydrogens is 274 g/mol. The maximum absolute atomic E-state index is 5.70. The maximum atomic E-state index is 5.70. The van der Waals surface area contributed by atoms with Gasteiger partial charge in [0.2, 0.25) is 0 Å². The Morgan fingerprint density at radius 2 is 2.20 bits per heavy atom. The first-order valence-corrected chi connectivity index (χ1v) is 6.99. The number of ether oxygens (including phenoxy) is 1. The topological polar surface area (TPSA) is 21.3 Å². The van der Waals surface area contributed by atoms with Crippen LogP contribution in [0.1, 0.15) is 0 Å². The van der Waals surface area contributed by atoms with Crippen LogP contribution in [0.5, 0.6) is 5.75 Å². The first-order valence-electron chi connectivity index (χ1n) is 5.04. The van der Waals surface area contributed by atoms with E-state index in [4.69, 9.17) is 4.74 Å². The smallest absolute Gasteiger partial charge is 0.119 e. The van der Waals surface area contributed by atoms with Crippen molar-refractivity contribution < 1.29 is 4.74 Å². The minimum atomic E-state index is 0.493. The first kappa shape index (κ1) is 11.3. The van der Waals surface area contributed by atoms with Gasteiger partial charge in [0.05, 0.1) is 6.04 Å². The Balaban J connectivity index is 1.79. The molecule has 0 amide bonds. The van der Waals surface area contributed by atoms with Crippen LogP contribution >= 0.6 is 27.7 Å². The van der Waals surface area contributed by atoms with Crippen LogP contribution in [-0.4, -0.2) is 30.7 Å². The fourth-order valence-corrected chi connectivity index (χ4v) is 2.65. The number of halogens is 1. The van der Waals surface area contributed by atoms with E-state index in [1.807, 2.05) is 36.0 Å². The summed E-state index contributed by atoms with van der Waals surface area (Å²) in [5.74, 6) is 3.31. The quantitative estimate of drug-likeness (QED) is 0.923. The summed E-state index contributed by atoms with van der Waals surface area (Å²) in [5, 5.41) is 3.45. The highest BCUT2D eigenvalue weighted by atomic mass is 79.9. The number of thioether (sulfide) groups is 1. The van der Waals surface area contributed by atoms with E-state index < -0.39 is 0 Å². The minimum absolute atomic E-state index is 0.493.